The Bertz CT molecular complexity index is 1150. The van der Waals surface area contributed by atoms with Gasteiger partial charge in [0.05, 0.1) is 0 Å². The first-order chi connectivity index (χ1) is 16.5. The van der Waals surface area contributed by atoms with E-state index in [2.05, 4.69) is 10.6 Å². The number of rotatable bonds is 9. The average Bonchev–Trinajstić information content (AvgIpc) is 3.10. The number of ether oxygens (including phenoxy) is 1. The summed E-state index contributed by atoms with van der Waals surface area (Å²) in [5.74, 6) is -0.199. The van der Waals surface area contributed by atoms with E-state index < -0.39 is 23.4 Å². The van der Waals surface area contributed by atoms with Crippen molar-refractivity contribution < 1.29 is 19.1 Å². The van der Waals surface area contributed by atoms with Crippen molar-refractivity contribution >= 4 is 23.5 Å². The molecule has 1 heterocycles. The summed E-state index contributed by atoms with van der Waals surface area (Å²) >= 11 is 0. The van der Waals surface area contributed by atoms with Crippen molar-refractivity contribution in [1.82, 2.24) is 10.2 Å². The number of urea groups is 1. The van der Waals surface area contributed by atoms with E-state index >= 15 is 0 Å². The number of benzene rings is 3. The van der Waals surface area contributed by atoms with Crippen molar-refractivity contribution in [3.63, 3.8) is 0 Å². The van der Waals surface area contributed by atoms with Crippen molar-refractivity contribution in [3.8, 4) is 5.75 Å². The van der Waals surface area contributed by atoms with E-state index in [0.717, 1.165) is 10.5 Å². The largest absolute Gasteiger partial charge is 0.489 e. The summed E-state index contributed by atoms with van der Waals surface area (Å²) in [6, 6.07) is 25.4. The summed E-state index contributed by atoms with van der Waals surface area (Å²) in [6.45, 7) is 2.03. The third-order valence-electron chi connectivity index (χ3n) is 5.76. The molecule has 3 aromatic carbocycles. The second kappa shape index (κ2) is 10.2. The number of amides is 4. The number of nitrogens with one attached hydrogen (secondary N) is 2. The number of hydrogen-bond acceptors (Lipinski definition) is 4. The van der Waals surface area contributed by atoms with E-state index in [4.69, 9.17) is 4.74 Å². The fraction of sp³-hybridized carbons (Fsp3) is 0.222. The summed E-state index contributed by atoms with van der Waals surface area (Å²) in [6.07, 6.45) is 1.14. The van der Waals surface area contributed by atoms with E-state index in [9.17, 15) is 14.4 Å². The molecule has 1 aliphatic rings. The normalized spacial score (nSPS) is 17.4. The van der Waals surface area contributed by atoms with Gasteiger partial charge >= 0.3 is 6.03 Å². The second-order valence-electron chi connectivity index (χ2n) is 8.19. The molecular formula is C27H27N3O4. The third kappa shape index (κ3) is 4.93. The molecule has 1 saturated heterocycles. The first kappa shape index (κ1) is 23.0. The number of nitrogens with zero attached hydrogens (tertiary/aromatic N) is 1. The van der Waals surface area contributed by atoms with Crippen LogP contribution >= 0.6 is 0 Å². The predicted octanol–water partition coefficient (Wildman–Crippen LogP) is 4.45. The molecule has 0 radical (unpaired) electrons. The minimum atomic E-state index is -1.15. The summed E-state index contributed by atoms with van der Waals surface area (Å²) in [5, 5.41) is 5.57. The van der Waals surface area contributed by atoms with E-state index in [-0.39, 0.29) is 6.54 Å². The van der Waals surface area contributed by atoms with Gasteiger partial charge in [-0.3, -0.25) is 14.5 Å². The monoisotopic (exact) mass is 457 g/mol. The number of hydrogen-bond donors (Lipinski definition) is 2. The van der Waals surface area contributed by atoms with Gasteiger partial charge < -0.3 is 15.4 Å². The molecule has 1 aliphatic heterocycles. The summed E-state index contributed by atoms with van der Waals surface area (Å²) in [5.41, 5.74) is 1.17. The Morgan fingerprint density at radius 1 is 0.941 bits per heavy atom. The van der Waals surface area contributed by atoms with Gasteiger partial charge in [0.1, 0.15) is 24.4 Å². The molecule has 1 fully saturated rings. The van der Waals surface area contributed by atoms with Crippen molar-refractivity contribution in [3.05, 3.63) is 96.1 Å². The third-order valence-corrected chi connectivity index (χ3v) is 5.76. The van der Waals surface area contributed by atoms with Crippen molar-refractivity contribution in [2.75, 3.05) is 11.9 Å². The first-order valence-electron chi connectivity index (χ1n) is 11.3. The highest BCUT2D eigenvalue weighted by atomic mass is 16.5. The van der Waals surface area contributed by atoms with Crippen LogP contribution in [0.15, 0.2) is 84.9 Å². The van der Waals surface area contributed by atoms with Crippen molar-refractivity contribution in [2.24, 2.45) is 0 Å². The van der Waals surface area contributed by atoms with Crippen LogP contribution in [0.1, 0.15) is 30.9 Å². The molecule has 1 atom stereocenters. The fourth-order valence-electron chi connectivity index (χ4n) is 4.10. The average molecular weight is 458 g/mol. The molecule has 7 nitrogen and oxygen atoms in total. The summed E-state index contributed by atoms with van der Waals surface area (Å²) in [7, 11) is 0. The van der Waals surface area contributed by atoms with Crippen LogP contribution in [-0.4, -0.2) is 29.3 Å². The zero-order valence-electron chi connectivity index (χ0n) is 19.0. The lowest BCUT2D eigenvalue weighted by molar-refractivity contribution is -0.134. The predicted molar refractivity (Wildman–Crippen MR) is 129 cm³/mol. The summed E-state index contributed by atoms with van der Waals surface area (Å²) in [4.78, 5) is 39.6. The van der Waals surface area contributed by atoms with E-state index in [1.165, 1.54) is 0 Å². The Balaban J connectivity index is 1.38. The van der Waals surface area contributed by atoms with Gasteiger partial charge in [-0.2, -0.15) is 0 Å². The van der Waals surface area contributed by atoms with E-state index in [0.29, 0.717) is 36.4 Å². The van der Waals surface area contributed by atoms with Gasteiger partial charge in [0, 0.05) is 5.69 Å². The SMILES string of the molecule is CCC[C@]1(c2ccccc2)NC(=O)N(CC(=O)Nc2ccc(OCc3ccccc3)cc2)C1=O. The van der Waals surface area contributed by atoms with Crippen LogP contribution in [0.5, 0.6) is 5.75 Å². The number of carbonyl (C=O) groups is 3. The molecule has 0 saturated carbocycles. The van der Waals surface area contributed by atoms with Gasteiger partial charge in [0.2, 0.25) is 5.91 Å². The Morgan fingerprint density at radius 3 is 2.24 bits per heavy atom. The van der Waals surface area contributed by atoms with Crippen molar-refractivity contribution in [1.29, 1.82) is 0 Å². The van der Waals surface area contributed by atoms with Crippen LogP contribution in [-0.2, 0) is 21.7 Å². The second-order valence-corrected chi connectivity index (χ2v) is 8.19. The molecule has 0 aliphatic carbocycles. The Morgan fingerprint density at radius 2 is 1.59 bits per heavy atom. The highest BCUT2D eigenvalue weighted by Gasteiger charge is 2.52. The number of anilines is 1. The molecule has 34 heavy (non-hydrogen) atoms. The zero-order chi connectivity index (χ0) is 24.0. The maximum Gasteiger partial charge on any atom is 0.325 e. The van der Waals surface area contributed by atoms with Gasteiger partial charge in [-0.05, 0) is 41.8 Å². The maximum absolute atomic E-state index is 13.3. The van der Waals surface area contributed by atoms with Crippen LogP contribution < -0.4 is 15.4 Å². The highest BCUT2D eigenvalue weighted by Crippen LogP contribution is 2.33. The molecule has 2 N–H and O–H groups in total. The van der Waals surface area contributed by atoms with Crippen LogP contribution in [0.2, 0.25) is 0 Å². The van der Waals surface area contributed by atoms with Crippen LogP contribution in [0.4, 0.5) is 10.5 Å². The van der Waals surface area contributed by atoms with Crippen LogP contribution in [0, 0.1) is 0 Å². The Hall–Kier alpha value is -4.13. The lowest BCUT2D eigenvalue weighted by Gasteiger charge is -2.26. The minimum Gasteiger partial charge on any atom is -0.489 e. The Kier molecular flexibility index (Phi) is 6.92. The molecule has 4 amide bonds. The van der Waals surface area contributed by atoms with Crippen LogP contribution in [0.3, 0.4) is 0 Å². The smallest absolute Gasteiger partial charge is 0.325 e. The van der Waals surface area contributed by atoms with E-state index in [1.54, 1.807) is 24.3 Å². The molecular weight excluding hydrogens is 430 g/mol. The maximum atomic E-state index is 13.3. The van der Waals surface area contributed by atoms with Gasteiger partial charge in [-0.15, -0.1) is 0 Å². The quantitative estimate of drug-likeness (QED) is 0.465. The van der Waals surface area contributed by atoms with Gasteiger partial charge in [-0.1, -0.05) is 74.0 Å². The lowest BCUT2D eigenvalue weighted by Crippen LogP contribution is -2.44. The Labute approximate surface area is 198 Å². The molecule has 4 rings (SSSR count). The zero-order valence-corrected chi connectivity index (χ0v) is 19.0. The molecule has 0 unspecified atom stereocenters. The minimum absolute atomic E-state index is 0.366. The van der Waals surface area contributed by atoms with Crippen LogP contribution in [0.25, 0.3) is 0 Å². The van der Waals surface area contributed by atoms with Crippen molar-refractivity contribution in [2.45, 2.75) is 31.9 Å². The molecule has 0 bridgehead atoms. The van der Waals surface area contributed by atoms with E-state index in [1.807, 2.05) is 67.6 Å². The van der Waals surface area contributed by atoms with Gasteiger partial charge in [-0.25, -0.2) is 4.79 Å². The molecule has 174 valence electrons. The first-order valence-corrected chi connectivity index (χ1v) is 11.3. The standard InChI is InChI=1S/C27H27N3O4/c1-2-17-27(21-11-7-4-8-12-21)25(32)30(26(33)29-27)18-24(31)28-22-13-15-23(16-14-22)34-19-20-9-5-3-6-10-20/h3-16H,2,17-19H2,1H3,(H,28,31)(H,29,33)/t27-/m1/s1. The molecule has 7 heteroatoms. The van der Waals surface area contributed by atoms with Gasteiger partial charge in [0.25, 0.3) is 5.91 Å². The number of carbonyl (C=O) groups excluding carboxylic acids is 3. The van der Waals surface area contributed by atoms with Gasteiger partial charge in [0.15, 0.2) is 0 Å². The topological polar surface area (TPSA) is 87.7 Å². The lowest BCUT2D eigenvalue weighted by atomic mass is 9.85. The molecule has 0 aromatic heterocycles. The molecule has 0 spiro atoms. The number of imide groups is 1. The molecule has 3 aromatic rings. The fourth-order valence-corrected chi connectivity index (χ4v) is 4.10. The highest BCUT2D eigenvalue weighted by molar-refractivity contribution is 6.10. The summed E-state index contributed by atoms with van der Waals surface area (Å²) < 4.78 is 5.76.